The van der Waals surface area contributed by atoms with Crippen molar-refractivity contribution in [3.05, 3.63) is 51.1 Å². The predicted octanol–water partition coefficient (Wildman–Crippen LogP) is 3.61. The molecule has 1 N–H and O–H groups in total. The fourth-order valence-electron chi connectivity index (χ4n) is 4.34. The van der Waals surface area contributed by atoms with E-state index in [4.69, 9.17) is 18.6 Å². The van der Waals surface area contributed by atoms with Gasteiger partial charge in [0.1, 0.15) is 5.76 Å². The summed E-state index contributed by atoms with van der Waals surface area (Å²) in [5.41, 5.74) is 1.82. The van der Waals surface area contributed by atoms with Crippen molar-refractivity contribution < 1.29 is 28.5 Å². The molecule has 1 atom stereocenters. The molecule has 2 heterocycles. The summed E-state index contributed by atoms with van der Waals surface area (Å²) in [7, 11) is 4.55. The van der Waals surface area contributed by atoms with Gasteiger partial charge in [0.2, 0.25) is 11.2 Å². The van der Waals surface area contributed by atoms with Gasteiger partial charge in [-0.15, -0.1) is 0 Å². The summed E-state index contributed by atoms with van der Waals surface area (Å²) in [4.78, 5) is 26.6. The Morgan fingerprint density at radius 1 is 1.12 bits per heavy atom. The van der Waals surface area contributed by atoms with Crippen LogP contribution in [0.1, 0.15) is 55.3 Å². The van der Waals surface area contributed by atoms with Crippen LogP contribution >= 0.6 is 0 Å². The predicted molar refractivity (Wildman–Crippen MR) is 123 cm³/mol. The Kier molecular flexibility index (Phi) is 8.02. The Labute approximate surface area is 194 Å². The van der Waals surface area contributed by atoms with Crippen LogP contribution in [0.2, 0.25) is 0 Å². The molecule has 8 heteroatoms. The van der Waals surface area contributed by atoms with Crippen molar-refractivity contribution in [2.24, 2.45) is 5.92 Å². The summed E-state index contributed by atoms with van der Waals surface area (Å²) in [6.45, 7) is 5.87. The summed E-state index contributed by atoms with van der Waals surface area (Å²) < 4.78 is 21.7. The van der Waals surface area contributed by atoms with Crippen LogP contribution in [0.15, 0.2) is 27.4 Å². The first kappa shape index (κ1) is 24.6. The third-order valence-electron chi connectivity index (χ3n) is 5.94. The lowest BCUT2D eigenvalue weighted by Crippen LogP contribution is -2.30. The van der Waals surface area contributed by atoms with Crippen LogP contribution in [0, 0.1) is 5.92 Å². The number of aromatic hydroxyl groups is 1. The van der Waals surface area contributed by atoms with Gasteiger partial charge in [-0.05, 0) is 42.0 Å². The Bertz CT molecular complexity index is 1040. The van der Waals surface area contributed by atoms with E-state index in [0.29, 0.717) is 36.8 Å². The molecule has 1 aromatic carbocycles. The molecular weight excluding hydrogens is 426 g/mol. The number of nitrogens with zero attached hydrogens (tertiary/aromatic N) is 1. The van der Waals surface area contributed by atoms with Gasteiger partial charge < -0.3 is 23.7 Å². The largest absolute Gasteiger partial charge is 0.502 e. The lowest BCUT2D eigenvalue weighted by molar-refractivity contribution is -0.141. The number of ether oxygens (including phenoxy) is 3. The Balaban J connectivity index is 1.85. The number of hydrogen-bond donors (Lipinski definition) is 1. The molecule has 0 amide bonds. The van der Waals surface area contributed by atoms with Gasteiger partial charge in [-0.2, -0.15) is 0 Å². The maximum Gasteiger partial charge on any atom is 0.306 e. The molecule has 1 aromatic heterocycles. The van der Waals surface area contributed by atoms with Gasteiger partial charge in [0.25, 0.3) is 0 Å². The van der Waals surface area contributed by atoms with E-state index in [1.807, 2.05) is 26.0 Å². The summed E-state index contributed by atoms with van der Waals surface area (Å²) >= 11 is 0. The SMILES string of the molecule is COC(=O)C[C@@H](CC(C)C)c1oc(CN2CCc3cc(OC)c(OC)cc3C2)cc(=O)c1O. The quantitative estimate of drug-likeness (QED) is 0.568. The number of methoxy groups -OCH3 is 3. The minimum Gasteiger partial charge on any atom is -0.502 e. The molecule has 3 rings (SSSR count). The van der Waals surface area contributed by atoms with Crippen molar-refractivity contribution >= 4 is 5.97 Å². The van der Waals surface area contributed by atoms with E-state index in [1.54, 1.807) is 14.2 Å². The molecule has 0 saturated heterocycles. The van der Waals surface area contributed by atoms with Crippen molar-refractivity contribution in [1.82, 2.24) is 4.90 Å². The third-order valence-corrected chi connectivity index (χ3v) is 5.94. The summed E-state index contributed by atoms with van der Waals surface area (Å²) in [5, 5.41) is 10.4. The molecule has 0 fully saturated rings. The molecule has 180 valence electrons. The second kappa shape index (κ2) is 10.7. The first-order chi connectivity index (χ1) is 15.7. The number of fused-ring (bicyclic) bond motifs is 1. The molecule has 0 saturated carbocycles. The van der Waals surface area contributed by atoms with Crippen molar-refractivity contribution in [2.45, 2.75) is 52.1 Å². The van der Waals surface area contributed by atoms with E-state index in [9.17, 15) is 14.7 Å². The molecule has 0 aliphatic carbocycles. The first-order valence-electron chi connectivity index (χ1n) is 11.1. The second-order valence-corrected chi connectivity index (χ2v) is 8.83. The Morgan fingerprint density at radius 2 is 1.79 bits per heavy atom. The fourth-order valence-corrected chi connectivity index (χ4v) is 4.34. The number of carbonyl (C=O) groups is 1. The van der Waals surface area contributed by atoms with E-state index in [2.05, 4.69) is 4.90 Å². The van der Waals surface area contributed by atoms with Crippen molar-refractivity contribution in [1.29, 1.82) is 0 Å². The van der Waals surface area contributed by atoms with E-state index < -0.39 is 23.1 Å². The molecule has 0 bridgehead atoms. The molecule has 0 unspecified atom stereocenters. The van der Waals surface area contributed by atoms with Gasteiger partial charge in [-0.25, -0.2) is 0 Å². The molecule has 33 heavy (non-hydrogen) atoms. The maximum absolute atomic E-state index is 12.5. The van der Waals surface area contributed by atoms with Crippen LogP contribution in [-0.4, -0.2) is 43.8 Å². The smallest absolute Gasteiger partial charge is 0.306 e. The second-order valence-electron chi connectivity index (χ2n) is 8.83. The number of carbonyl (C=O) groups excluding carboxylic acids is 1. The number of benzene rings is 1. The van der Waals surface area contributed by atoms with Crippen LogP contribution in [0.5, 0.6) is 17.2 Å². The minimum absolute atomic E-state index is 0.0351. The number of hydrogen-bond acceptors (Lipinski definition) is 8. The summed E-state index contributed by atoms with van der Waals surface area (Å²) in [6.07, 6.45) is 1.43. The van der Waals surface area contributed by atoms with Gasteiger partial charge in [0.15, 0.2) is 17.3 Å². The topological polar surface area (TPSA) is 98.4 Å². The Hall–Kier alpha value is -3.00. The highest BCUT2D eigenvalue weighted by molar-refractivity contribution is 5.70. The normalized spacial score (nSPS) is 14.6. The van der Waals surface area contributed by atoms with E-state index in [-0.39, 0.29) is 18.1 Å². The zero-order valence-electron chi connectivity index (χ0n) is 20.0. The highest BCUT2D eigenvalue weighted by Gasteiger charge is 2.27. The molecule has 8 nitrogen and oxygen atoms in total. The monoisotopic (exact) mass is 459 g/mol. The molecule has 1 aliphatic heterocycles. The van der Waals surface area contributed by atoms with Crippen LogP contribution in [-0.2, 0) is 29.0 Å². The highest BCUT2D eigenvalue weighted by Crippen LogP contribution is 2.35. The van der Waals surface area contributed by atoms with Crippen LogP contribution in [0.4, 0.5) is 0 Å². The summed E-state index contributed by atoms with van der Waals surface area (Å²) in [5.74, 6) is 0.939. The van der Waals surface area contributed by atoms with Gasteiger partial charge >= 0.3 is 5.97 Å². The average Bonchev–Trinajstić information content (AvgIpc) is 2.79. The lowest BCUT2D eigenvalue weighted by atomic mass is 9.91. The number of esters is 1. The zero-order chi connectivity index (χ0) is 24.1. The van der Waals surface area contributed by atoms with Gasteiger partial charge in [0, 0.05) is 25.1 Å². The van der Waals surface area contributed by atoms with E-state index in [1.165, 1.54) is 18.7 Å². The van der Waals surface area contributed by atoms with Crippen LogP contribution in [0.25, 0.3) is 0 Å². The van der Waals surface area contributed by atoms with Crippen molar-refractivity contribution in [3.8, 4) is 17.2 Å². The van der Waals surface area contributed by atoms with E-state index >= 15 is 0 Å². The number of rotatable bonds is 9. The third kappa shape index (κ3) is 5.87. The van der Waals surface area contributed by atoms with Crippen LogP contribution < -0.4 is 14.9 Å². The van der Waals surface area contributed by atoms with E-state index in [0.717, 1.165) is 18.5 Å². The summed E-state index contributed by atoms with van der Waals surface area (Å²) in [6, 6.07) is 5.31. The molecular formula is C25H33NO7. The van der Waals surface area contributed by atoms with Gasteiger partial charge in [0.05, 0.1) is 34.3 Å². The van der Waals surface area contributed by atoms with Crippen molar-refractivity contribution in [3.63, 3.8) is 0 Å². The molecule has 1 aliphatic rings. The average molecular weight is 460 g/mol. The maximum atomic E-state index is 12.5. The van der Waals surface area contributed by atoms with Gasteiger partial charge in [-0.1, -0.05) is 13.8 Å². The highest BCUT2D eigenvalue weighted by atomic mass is 16.5. The fraction of sp³-hybridized carbons (Fsp3) is 0.520. The minimum atomic E-state index is -0.506. The zero-order valence-corrected chi connectivity index (χ0v) is 20.0. The molecule has 2 aromatic rings. The standard InChI is InChI=1S/C25H33NO7/c1-15(2)8-17(11-23(28)32-5)25-24(29)20(27)12-19(33-25)14-26-7-6-16-9-21(30-3)22(31-4)10-18(16)13-26/h9-10,12,15,17,29H,6-8,11,13-14H2,1-5H3/t17-/m1/s1. The molecule has 0 spiro atoms. The lowest BCUT2D eigenvalue weighted by Gasteiger charge is -2.29. The van der Waals surface area contributed by atoms with Crippen LogP contribution in [0.3, 0.4) is 0 Å². The first-order valence-corrected chi connectivity index (χ1v) is 11.1. The van der Waals surface area contributed by atoms with Crippen molar-refractivity contribution in [2.75, 3.05) is 27.9 Å². The Morgan fingerprint density at radius 3 is 2.39 bits per heavy atom. The molecule has 0 radical (unpaired) electrons. The van der Waals surface area contributed by atoms with Gasteiger partial charge in [-0.3, -0.25) is 14.5 Å².